The standard InChI is InChI=1S/C15H14N2/c1-3-11-10(2)8-9-14-15(11)17-13-7-5-4-6-12(13)16-14/h4-9H,3H2,1-2H3. The van der Waals surface area contributed by atoms with Gasteiger partial charge in [-0.25, -0.2) is 9.97 Å². The molecule has 0 aliphatic carbocycles. The van der Waals surface area contributed by atoms with Gasteiger partial charge in [-0.1, -0.05) is 25.1 Å². The van der Waals surface area contributed by atoms with Gasteiger partial charge in [0, 0.05) is 0 Å². The van der Waals surface area contributed by atoms with E-state index in [2.05, 4.69) is 31.0 Å². The molecule has 0 aliphatic heterocycles. The number of hydrogen-bond acceptors (Lipinski definition) is 2. The van der Waals surface area contributed by atoms with Crippen molar-refractivity contribution in [2.24, 2.45) is 0 Å². The summed E-state index contributed by atoms with van der Waals surface area (Å²) in [5, 5.41) is 0. The minimum Gasteiger partial charge on any atom is -0.244 e. The van der Waals surface area contributed by atoms with Gasteiger partial charge in [-0.3, -0.25) is 0 Å². The number of hydrogen-bond donors (Lipinski definition) is 0. The van der Waals surface area contributed by atoms with Gasteiger partial charge in [0.1, 0.15) is 0 Å². The third-order valence-electron chi connectivity index (χ3n) is 3.20. The monoisotopic (exact) mass is 222 g/mol. The highest BCUT2D eigenvalue weighted by molar-refractivity contribution is 5.88. The summed E-state index contributed by atoms with van der Waals surface area (Å²) in [5.74, 6) is 0. The lowest BCUT2D eigenvalue weighted by Crippen LogP contribution is -1.94. The Morgan fingerprint density at radius 3 is 2.29 bits per heavy atom. The predicted molar refractivity (Wildman–Crippen MR) is 71.2 cm³/mol. The second-order valence-corrected chi connectivity index (χ2v) is 4.29. The van der Waals surface area contributed by atoms with Crippen molar-refractivity contribution in [3.63, 3.8) is 0 Å². The van der Waals surface area contributed by atoms with Gasteiger partial charge in [0.25, 0.3) is 0 Å². The van der Waals surface area contributed by atoms with Crippen molar-refractivity contribution in [1.29, 1.82) is 0 Å². The first-order valence-electron chi connectivity index (χ1n) is 5.94. The lowest BCUT2D eigenvalue weighted by molar-refractivity contribution is 1.12. The number of aromatic nitrogens is 2. The van der Waals surface area contributed by atoms with Gasteiger partial charge in [-0.15, -0.1) is 0 Å². The van der Waals surface area contributed by atoms with Crippen LogP contribution in [0, 0.1) is 6.92 Å². The Morgan fingerprint density at radius 1 is 0.882 bits per heavy atom. The van der Waals surface area contributed by atoms with E-state index in [1.165, 1.54) is 11.1 Å². The zero-order chi connectivity index (χ0) is 11.8. The van der Waals surface area contributed by atoms with Crippen LogP contribution in [-0.2, 0) is 6.42 Å². The molecule has 0 atom stereocenters. The molecule has 0 bridgehead atoms. The maximum atomic E-state index is 4.75. The van der Waals surface area contributed by atoms with E-state index in [4.69, 9.17) is 4.98 Å². The fraction of sp³-hybridized carbons (Fsp3) is 0.200. The molecule has 0 N–H and O–H groups in total. The second kappa shape index (κ2) is 3.81. The van der Waals surface area contributed by atoms with E-state index in [9.17, 15) is 0 Å². The van der Waals surface area contributed by atoms with Gasteiger partial charge >= 0.3 is 0 Å². The van der Waals surface area contributed by atoms with E-state index in [0.717, 1.165) is 28.5 Å². The van der Waals surface area contributed by atoms with E-state index in [1.54, 1.807) is 0 Å². The molecular weight excluding hydrogens is 208 g/mol. The van der Waals surface area contributed by atoms with E-state index in [-0.39, 0.29) is 0 Å². The Morgan fingerprint density at radius 2 is 1.59 bits per heavy atom. The van der Waals surface area contributed by atoms with Crippen molar-refractivity contribution in [3.05, 3.63) is 47.5 Å². The highest BCUT2D eigenvalue weighted by atomic mass is 14.8. The molecule has 2 aromatic carbocycles. The van der Waals surface area contributed by atoms with Crippen LogP contribution in [0.15, 0.2) is 36.4 Å². The molecule has 0 fully saturated rings. The lowest BCUT2D eigenvalue weighted by Gasteiger charge is -2.07. The minimum absolute atomic E-state index is 0.964. The Labute approximate surface area is 100 Å². The van der Waals surface area contributed by atoms with Gasteiger partial charge in [0.05, 0.1) is 22.1 Å². The molecule has 17 heavy (non-hydrogen) atoms. The summed E-state index contributed by atoms with van der Waals surface area (Å²) in [6.07, 6.45) is 0.996. The summed E-state index contributed by atoms with van der Waals surface area (Å²) >= 11 is 0. The summed E-state index contributed by atoms with van der Waals surface area (Å²) < 4.78 is 0. The normalized spacial score (nSPS) is 11.2. The number of fused-ring (bicyclic) bond motifs is 2. The van der Waals surface area contributed by atoms with Gasteiger partial charge < -0.3 is 0 Å². The predicted octanol–water partition coefficient (Wildman–Crippen LogP) is 3.65. The quantitative estimate of drug-likeness (QED) is 0.587. The van der Waals surface area contributed by atoms with Gasteiger partial charge in [0.15, 0.2) is 0 Å². The highest BCUT2D eigenvalue weighted by Crippen LogP contribution is 2.22. The van der Waals surface area contributed by atoms with Gasteiger partial charge in [-0.2, -0.15) is 0 Å². The molecule has 2 heteroatoms. The van der Waals surface area contributed by atoms with Crippen LogP contribution in [-0.4, -0.2) is 9.97 Å². The third-order valence-corrected chi connectivity index (χ3v) is 3.20. The summed E-state index contributed by atoms with van der Waals surface area (Å²) in [6.45, 7) is 4.30. The molecule has 1 aromatic heterocycles. The smallest absolute Gasteiger partial charge is 0.0929 e. The molecule has 2 nitrogen and oxygen atoms in total. The molecule has 0 saturated heterocycles. The van der Waals surface area contributed by atoms with Crippen LogP contribution in [0.3, 0.4) is 0 Å². The number of aryl methyl sites for hydroxylation is 2. The molecule has 3 aromatic rings. The molecule has 0 radical (unpaired) electrons. The minimum atomic E-state index is 0.964. The van der Waals surface area contributed by atoms with Gasteiger partial charge in [0.2, 0.25) is 0 Å². The summed E-state index contributed by atoms with van der Waals surface area (Å²) in [6, 6.07) is 12.2. The maximum Gasteiger partial charge on any atom is 0.0929 e. The summed E-state index contributed by atoms with van der Waals surface area (Å²) in [4.78, 5) is 9.41. The summed E-state index contributed by atoms with van der Waals surface area (Å²) in [7, 11) is 0. The topological polar surface area (TPSA) is 25.8 Å². The average molecular weight is 222 g/mol. The Hall–Kier alpha value is -1.96. The molecule has 3 rings (SSSR count). The molecular formula is C15H14N2. The largest absolute Gasteiger partial charge is 0.244 e. The maximum absolute atomic E-state index is 4.75. The molecule has 84 valence electrons. The van der Waals surface area contributed by atoms with Crippen molar-refractivity contribution < 1.29 is 0 Å². The second-order valence-electron chi connectivity index (χ2n) is 4.29. The molecule has 1 heterocycles. The van der Waals surface area contributed by atoms with E-state index in [0.29, 0.717) is 0 Å². The first kappa shape index (κ1) is 10.2. The van der Waals surface area contributed by atoms with Crippen LogP contribution in [0.1, 0.15) is 18.1 Å². The highest BCUT2D eigenvalue weighted by Gasteiger charge is 2.07. The first-order chi connectivity index (χ1) is 8.29. The van der Waals surface area contributed by atoms with Crippen LogP contribution >= 0.6 is 0 Å². The molecule has 0 saturated carbocycles. The number of para-hydroxylation sites is 2. The Balaban J connectivity index is 2.47. The van der Waals surface area contributed by atoms with Crippen LogP contribution < -0.4 is 0 Å². The van der Waals surface area contributed by atoms with Crippen LogP contribution in [0.4, 0.5) is 0 Å². The van der Waals surface area contributed by atoms with Crippen molar-refractivity contribution in [2.75, 3.05) is 0 Å². The van der Waals surface area contributed by atoms with E-state index < -0.39 is 0 Å². The van der Waals surface area contributed by atoms with Crippen molar-refractivity contribution in [3.8, 4) is 0 Å². The van der Waals surface area contributed by atoms with E-state index >= 15 is 0 Å². The Bertz CT molecular complexity index is 702. The number of nitrogens with zero attached hydrogens (tertiary/aromatic N) is 2. The molecule has 0 spiro atoms. The average Bonchev–Trinajstić information content (AvgIpc) is 2.36. The lowest BCUT2D eigenvalue weighted by atomic mass is 10.0. The van der Waals surface area contributed by atoms with Crippen molar-refractivity contribution in [1.82, 2.24) is 9.97 Å². The first-order valence-corrected chi connectivity index (χ1v) is 5.94. The van der Waals surface area contributed by atoms with Crippen LogP contribution in [0.25, 0.3) is 22.1 Å². The zero-order valence-corrected chi connectivity index (χ0v) is 10.1. The fourth-order valence-corrected chi connectivity index (χ4v) is 2.29. The van der Waals surface area contributed by atoms with Gasteiger partial charge in [-0.05, 0) is 42.7 Å². The van der Waals surface area contributed by atoms with Crippen LogP contribution in [0.2, 0.25) is 0 Å². The molecule has 0 amide bonds. The molecule has 0 unspecified atom stereocenters. The molecule has 0 aliphatic rings. The van der Waals surface area contributed by atoms with Crippen molar-refractivity contribution >= 4 is 22.1 Å². The zero-order valence-electron chi connectivity index (χ0n) is 10.1. The third kappa shape index (κ3) is 1.57. The summed E-state index contributed by atoms with van der Waals surface area (Å²) in [5.41, 5.74) is 6.58. The van der Waals surface area contributed by atoms with Crippen LogP contribution in [0.5, 0.6) is 0 Å². The SMILES string of the molecule is CCc1c(C)ccc2nc3ccccc3nc12. The number of rotatable bonds is 1. The Kier molecular flexibility index (Phi) is 2.29. The van der Waals surface area contributed by atoms with E-state index in [1.807, 2.05) is 24.3 Å². The fourth-order valence-electron chi connectivity index (χ4n) is 2.29. The van der Waals surface area contributed by atoms with Crippen molar-refractivity contribution in [2.45, 2.75) is 20.3 Å². The number of benzene rings is 2.